The Morgan fingerprint density at radius 3 is 2.84 bits per heavy atom. The predicted octanol–water partition coefficient (Wildman–Crippen LogP) is 1.86. The Bertz CT molecular complexity index is 483. The highest BCUT2D eigenvalue weighted by Crippen LogP contribution is 2.35. The van der Waals surface area contributed by atoms with Crippen LogP contribution >= 0.6 is 0 Å². The number of phenols is 1. The molecule has 2 fully saturated rings. The zero-order valence-corrected chi connectivity index (χ0v) is 10.8. The third-order valence-electron chi connectivity index (χ3n) is 3.92. The number of para-hydroxylation sites is 2. The predicted molar refractivity (Wildman–Crippen MR) is 71.4 cm³/mol. The first-order valence-electron chi connectivity index (χ1n) is 6.69. The fraction of sp³-hybridized carbons (Fsp3) is 0.500. The van der Waals surface area contributed by atoms with E-state index < -0.39 is 0 Å². The molecule has 2 saturated heterocycles. The smallest absolute Gasteiger partial charge is 0.415 e. The van der Waals surface area contributed by atoms with Crippen molar-refractivity contribution in [2.24, 2.45) is 0 Å². The monoisotopic (exact) mass is 262 g/mol. The van der Waals surface area contributed by atoms with Gasteiger partial charge in [0, 0.05) is 19.5 Å². The molecule has 2 aliphatic rings. The summed E-state index contributed by atoms with van der Waals surface area (Å²) in [4.78, 5) is 13.7. The summed E-state index contributed by atoms with van der Waals surface area (Å²) in [5, 5.41) is 13.1. The average molecular weight is 262 g/mol. The van der Waals surface area contributed by atoms with E-state index in [1.54, 1.807) is 24.3 Å². The quantitative estimate of drug-likeness (QED) is 0.811. The van der Waals surface area contributed by atoms with E-state index >= 15 is 0 Å². The van der Waals surface area contributed by atoms with Gasteiger partial charge < -0.3 is 15.2 Å². The molecular weight excluding hydrogens is 244 g/mol. The minimum absolute atomic E-state index is 0.108. The highest BCUT2D eigenvalue weighted by molar-refractivity contribution is 5.90. The molecule has 3 rings (SSSR count). The number of carbonyl (C=O) groups excluding carboxylic acids is 1. The van der Waals surface area contributed by atoms with E-state index in [1.807, 2.05) is 0 Å². The van der Waals surface area contributed by atoms with Crippen molar-refractivity contribution in [3.63, 3.8) is 0 Å². The number of hydrogen-bond donors (Lipinski definition) is 2. The molecular formula is C14H18N2O3. The zero-order chi connectivity index (χ0) is 13.3. The van der Waals surface area contributed by atoms with Crippen molar-refractivity contribution in [3.05, 3.63) is 24.3 Å². The standard InChI is InChI=1S/C14H18N2O3/c17-12-5-2-1-4-11(12)16-9-7-14(19-13(16)18)6-3-8-15-10-14/h1-2,4-5,15,17H,3,6-10H2. The Morgan fingerprint density at radius 2 is 2.16 bits per heavy atom. The van der Waals surface area contributed by atoms with Gasteiger partial charge in [0.25, 0.3) is 0 Å². The van der Waals surface area contributed by atoms with Crippen LogP contribution in [0.5, 0.6) is 5.75 Å². The summed E-state index contributed by atoms with van der Waals surface area (Å²) in [6.07, 6.45) is 2.38. The van der Waals surface area contributed by atoms with E-state index in [1.165, 1.54) is 4.90 Å². The molecule has 1 amide bonds. The molecule has 2 N–H and O–H groups in total. The summed E-state index contributed by atoms with van der Waals surface area (Å²) in [6.45, 7) is 2.30. The van der Waals surface area contributed by atoms with Crippen LogP contribution in [0.3, 0.4) is 0 Å². The molecule has 0 saturated carbocycles. The molecule has 2 aliphatic heterocycles. The van der Waals surface area contributed by atoms with Crippen molar-refractivity contribution < 1.29 is 14.6 Å². The number of hydrogen-bond acceptors (Lipinski definition) is 4. The number of carbonyl (C=O) groups is 1. The second kappa shape index (κ2) is 4.74. The lowest BCUT2D eigenvalue weighted by Crippen LogP contribution is -2.56. The van der Waals surface area contributed by atoms with Gasteiger partial charge in [-0.25, -0.2) is 4.79 Å². The summed E-state index contributed by atoms with van der Waals surface area (Å²) in [7, 11) is 0. The van der Waals surface area contributed by atoms with Gasteiger partial charge in [-0.3, -0.25) is 4.90 Å². The van der Waals surface area contributed by atoms with Gasteiger partial charge in [0.05, 0.1) is 5.69 Å². The number of anilines is 1. The number of amides is 1. The Kier molecular flexibility index (Phi) is 3.06. The van der Waals surface area contributed by atoms with E-state index in [4.69, 9.17) is 4.74 Å². The van der Waals surface area contributed by atoms with Crippen LogP contribution in [0.15, 0.2) is 24.3 Å². The van der Waals surface area contributed by atoms with Gasteiger partial charge in [-0.1, -0.05) is 12.1 Å². The normalized spacial score (nSPS) is 27.4. The van der Waals surface area contributed by atoms with Crippen LogP contribution < -0.4 is 10.2 Å². The summed E-state index contributed by atoms with van der Waals surface area (Å²) in [5.41, 5.74) is 0.169. The maximum atomic E-state index is 12.2. The number of rotatable bonds is 1. The molecule has 0 bridgehead atoms. The van der Waals surface area contributed by atoms with Crippen LogP contribution in [0.1, 0.15) is 19.3 Å². The van der Waals surface area contributed by atoms with Crippen molar-refractivity contribution >= 4 is 11.8 Å². The van der Waals surface area contributed by atoms with Crippen molar-refractivity contribution in [2.75, 3.05) is 24.5 Å². The van der Waals surface area contributed by atoms with Crippen molar-refractivity contribution in [1.82, 2.24) is 5.32 Å². The first-order valence-corrected chi connectivity index (χ1v) is 6.69. The van der Waals surface area contributed by atoms with Crippen LogP contribution in [0.4, 0.5) is 10.5 Å². The number of aromatic hydroxyl groups is 1. The molecule has 19 heavy (non-hydrogen) atoms. The van der Waals surface area contributed by atoms with Crippen LogP contribution in [0, 0.1) is 0 Å². The van der Waals surface area contributed by atoms with Gasteiger partial charge >= 0.3 is 6.09 Å². The van der Waals surface area contributed by atoms with Crippen molar-refractivity contribution in [2.45, 2.75) is 24.9 Å². The number of benzene rings is 1. The first kappa shape index (κ1) is 12.3. The van der Waals surface area contributed by atoms with Gasteiger partial charge in [-0.05, 0) is 31.5 Å². The highest BCUT2D eigenvalue weighted by Gasteiger charge is 2.42. The van der Waals surface area contributed by atoms with Crippen LogP contribution in [-0.2, 0) is 4.74 Å². The third kappa shape index (κ3) is 2.26. The lowest BCUT2D eigenvalue weighted by molar-refractivity contribution is -0.0212. The Balaban J connectivity index is 1.78. The van der Waals surface area contributed by atoms with Gasteiger partial charge in [0.1, 0.15) is 11.4 Å². The number of ether oxygens (including phenoxy) is 1. The number of phenolic OH excluding ortho intramolecular Hbond substituents is 1. The Morgan fingerprint density at radius 1 is 1.32 bits per heavy atom. The van der Waals surface area contributed by atoms with E-state index in [0.717, 1.165) is 32.4 Å². The molecule has 0 aromatic heterocycles. The third-order valence-corrected chi connectivity index (χ3v) is 3.92. The minimum Gasteiger partial charge on any atom is -0.506 e. The molecule has 5 nitrogen and oxygen atoms in total. The Labute approximate surface area is 112 Å². The first-order chi connectivity index (χ1) is 9.20. The highest BCUT2D eigenvalue weighted by atomic mass is 16.6. The lowest BCUT2D eigenvalue weighted by atomic mass is 9.89. The molecule has 1 unspecified atom stereocenters. The van der Waals surface area contributed by atoms with E-state index in [0.29, 0.717) is 12.2 Å². The summed E-state index contributed by atoms with van der Waals surface area (Å²) >= 11 is 0. The van der Waals surface area contributed by atoms with E-state index in [2.05, 4.69) is 5.32 Å². The van der Waals surface area contributed by atoms with Gasteiger partial charge in [-0.2, -0.15) is 0 Å². The molecule has 0 aliphatic carbocycles. The molecule has 2 heterocycles. The largest absolute Gasteiger partial charge is 0.506 e. The SMILES string of the molecule is O=C1OC2(CCCNC2)CCN1c1ccccc1O. The fourth-order valence-corrected chi connectivity index (χ4v) is 2.85. The Hall–Kier alpha value is -1.75. The maximum absolute atomic E-state index is 12.2. The van der Waals surface area contributed by atoms with Crippen LogP contribution in [0.2, 0.25) is 0 Å². The van der Waals surface area contributed by atoms with Gasteiger partial charge in [0.2, 0.25) is 0 Å². The van der Waals surface area contributed by atoms with Gasteiger partial charge in [0.15, 0.2) is 0 Å². The number of nitrogens with zero attached hydrogens (tertiary/aromatic N) is 1. The molecule has 0 radical (unpaired) electrons. The second-order valence-electron chi connectivity index (χ2n) is 5.22. The summed E-state index contributed by atoms with van der Waals surface area (Å²) in [5.74, 6) is 0.108. The summed E-state index contributed by atoms with van der Waals surface area (Å²) < 4.78 is 5.65. The topological polar surface area (TPSA) is 61.8 Å². The van der Waals surface area contributed by atoms with Crippen LogP contribution in [0.25, 0.3) is 0 Å². The molecule has 1 aromatic rings. The maximum Gasteiger partial charge on any atom is 0.415 e. The van der Waals surface area contributed by atoms with Crippen molar-refractivity contribution in [3.8, 4) is 5.75 Å². The zero-order valence-electron chi connectivity index (χ0n) is 10.8. The average Bonchev–Trinajstić information content (AvgIpc) is 2.41. The number of piperidine rings is 1. The van der Waals surface area contributed by atoms with Gasteiger partial charge in [-0.15, -0.1) is 0 Å². The van der Waals surface area contributed by atoms with E-state index in [9.17, 15) is 9.90 Å². The molecule has 5 heteroatoms. The minimum atomic E-state index is -0.364. The second-order valence-corrected chi connectivity index (χ2v) is 5.22. The van der Waals surface area contributed by atoms with Crippen molar-refractivity contribution in [1.29, 1.82) is 0 Å². The van der Waals surface area contributed by atoms with Crippen LogP contribution in [-0.4, -0.2) is 36.4 Å². The molecule has 1 atom stereocenters. The fourth-order valence-electron chi connectivity index (χ4n) is 2.85. The summed E-state index contributed by atoms with van der Waals surface area (Å²) in [6, 6.07) is 6.85. The molecule has 1 spiro atoms. The molecule has 1 aromatic carbocycles. The van der Waals surface area contributed by atoms with E-state index in [-0.39, 0.29) is 17.4 Å². The number of nitrogens with one attached hydrogen (secondary N) is 1. The molecule has 102 valence electrons. The lowest BCUT2D eigenvalue weighted by Gasteiger charge is -2.43.